The molecule has 9 nitrogen and oxygen atoms in total. The van der Waals surface area contributed by atoms with E-state index < -0.39 is 10.0 Å². The molecule has 0 atom stereocenters. The molecule has 29 heavy (non-hydrogen) atoms. The van der Waals surface area contributed by atoms with Gasteiger partial charge in [0.2, 0.25) is 10.0 Å². The Morgan fingerprint density at radius 2 is 1.83 bits per heavy atom. The standard InChI is InChI=1S/C19H24N6O3S/c1-13-12-17(14(2)11-16(13)28-4)29(26,27)21-9-8-20-18-5-6-19(23-22-18)25-10-7-15(3)24-25/h5-7,10-12,21H,8-9H2,1-4H3,(H,20,22). The fourth-order valence-electron chi connectivity index (χ4n) is 2.81. The van der Waals surface area contributed by atoms with E-state index in [0.717, 1.165) is 11.3 Å². The molecule has 0 saturated carbocycles. The molecule has 3 rings (SSSR count). The molecule has 3 aromatic rings. The molecule has 2 heterocycles. The second-order valence-corrected chi connectivity index (χ2v) is 8.33. The van der Waals surface area contributed by atoms with Crippen LogP contribution in [0.3, 0.4) is 0 Å². The van der Waals surface area contributed by atoms with E-state index in [-0.39, 0.29) is 11.4 Å². The molecule has 154 valence electrons. The molecular formula is C19H24N6O3S. The number of hydrogen-bond acceptors (Lipinski definition) is 7. The number of methoxy groups -OCH3 is 1. The summed E-state index contributed by atoms with van der Waals surface area (Å²) in [5, 5.41) is 15.5. The highest BCUT2D eigenvalue weighted by molar-refractivity contribution is 7.89. The zero-order valence-electron chi connectivity index (χ0n) is 16.8. The number of ether oxygens (including phenoxy) is 1. The number of aryl methyl sites for hydroxylation is 3. The Hall–Kier alpha value is -2.98. The van der Waals surface area contributed by atoms with Gasteiger partial charge >= 0.3 is 0 Å². The maximum atomic E-state index is 12.6. The van der Waals surface area contributed by atoms with Crippen molar-refractivity contribution in [1.82, 2.24) is 24.7 Å². The summed E-state index contributed by atoms with van der Waals surface area (Å²) in [6.45, 7) is 6.02. The smallest absolute Gasteiger partial charge is 0.240 e. The fourth-order valence-corrected chi connectivity index (χ4v) is 4.15. The third kappa shape index (κ3) is 4.90. The van der Waals surface area contributed by atoms with E-state index in [1.807, 2.05) is 26.1 Å². The summed E-state index contributed by atoms with van der Waals surface area (Å²) in [7, 11) is -2.07. The Balaban J connectivity index is 1.56. The van der Waals surface area contributed by atoms with Gasteiger partial charge in [0, 0.05) is 19.3 Å². The average molecular weight is 417 g/mol. The molecule has 0 aliphatic rings. The summed E-state index contributed by atoms with van der Waals surface area (Å²) >= 11 is 0. The highest BCUT2D eigenvalue weighted by Gasteiger charge is 2.18. The Morgan fingerprint density at radius 1 is 1.03 bits per heavy atom. The second kappa shape index (κ2) is 8.58. The molecular weight excluding hydrogens is 392 g/mol. The minimum absolute atomic E-state index is 0.203. The van der Waals surface area contributed by atoms with Gasteiger partial charge in [-0.3, -0.25) is 0 Å². The van der Waals surface area contributed by atoms with Crippen LogP contribution >= 0.6 is 0 Å². The summed E-state index contributed by atoms with van der Waals surface area (Å²) in [5.74, 6) is 1.82. The van der Waals surface area contributed by atoms with Gasteiger partial charge in [0.05, 0.1) is 17.7 Å². The Bertz CT molecular complexity index is 1090. The first-order valence-electron chi connectivity index (χ1n) is 9.05. The van der Waals surface area contributed by atoms with Gasteiger partial charge in [-0.05, 0) is 62.2 Å². The molecule has 10 heteroatoms. The van der Waals surface area contributed by atoms with Gasteiger partial charge in [-0.25, -0.2) is 17.8 Å². The van der Waals surface area contributed by atoms with E-state index >= 15 is 0 Å². The van der Waals surface area contributed by atoms with Crippen LogP contribution in [0, 0.1) is 20.8 Å². The van der Waals surface area contributed by atoms with E-state index in [0.29, 0.717) is 29.5 Å². The van der Waals surface area contributed by atoms with Crippen LogP contribution in [0.4, 0.5) is 5.82 Å². The van der Waals surface area contributed by atoms with Crippen molar-refractivity contribution in [3.05, 3.63) is 53.3 Å². The van der Waals surface area contributed by atoms with Crippen LogP contribution in [0.5, 0.6) is 5.75 Å². The van der Waals surface area contributed by atoms with Crippen molar-refractivity contribution in [2.45, 2.75) is 25.7 Å². The maximum absolute atomic E-state index is 12.6. The van der Waals surface area contributed by atoms with Crippen molar-refractivity contribution >= 4 is 15.8 Å². The van der Waals surface area contributed by atoms with E-state index in [1.54, 1.807) is 43.0 Å². The molecule has 0 bridgehead atoms. The molecule has 2 aromatic heterocycles. The molecule has 0 spiro atoms. The maximum Gasteiger partial charge on any atom is 0.240 e. The topological polar surface area (TPSA) is 111 Å². The lowest BCUT2D eigenvalue weighted by molar-refractivity contribution is 0.411. The number of sulfonamides is 1. The van der Waals surface area contributed by atoms with Gasteiger partial charge in [0.1, 0.15) is 11.6 Å². The summed E-state index contributed by atoms with van der Waals surface area (Å²) in [5.41, 5.74) is 2.28. The molecule has 0 radical (unpaired) electrons. The van der Waals surface area contributed by atoms with Gasteiger partial charge in [0.15, 0.2) is 5.82 Å². The predicted molar refractivity (Wildman–Crippen MR) is 110 cm³/mol. The number of benzene rings is 1. The fraction of sp³-hybridized carbons (Fsp3) is 0.316. The van der Waals surface area contributed by atoms with Crippen molar-refractivity contribution in [2.24, 2.45) is 0 Å². The quantitative estimate of drug-likeness (QED) is 0.540. The first-order chi connectivity index (χ1) is 13.8. The van der Waals surface area contributed by atoms with Crippen LogP contribution in [0.2, 0.25) is 0 Å². The second-order valence-electron chi connectivity index (χ2n) is 6.59. The molecule has 2 N–H and O–H groups in total. The molecule has 0 unspecified atom stereocenters. The average Bonchev–Trinajstić information content (AvgIpc) is 3.13. The third-order valence-corrected chi connectivity index (χ3v) is 5.92. The molecule has 0 aliphatic heterocycles. The zero-order valence-corrected chi connectivity index (χ0v) is 17.6. The number of aromatic nitrogens is 4. The molecule has 0 saturated heterocycles. The van der Waals surface area contributed by atoms with Gasteiger partial charge in [0.25, 0.3) is 0 Å². The lowest BCUT2D eigenvalue weighted by atomic mass is 10.1. The minimum Gasteiger partial charge on any atom is -0.496 e. The van der Waals surface area contributed by atoms with Crippen LogP contribution in [-0.4, -0.2) is 48.6 Å². The number of hydrogen-bond donors (Lipinski definition) is 2. The van der Waals surface area contributed by atoms with E-state index in [4.69, 9.17) is 4.74 Å². The minimum atomic E-state index is -3.63. The van der Waals surface area contributed by atoms with Crippen molar-refractivity contribution in [2.75, 3.05) is 25.5 Å². The van der Waals surface area contributed by atoms with Crippen molar-refractivity contribution in [3.8, 4) is 11.6 Å². The van der Waals surface area contributed by atoms with Gasteiger partial charge in [-0.15, -0.1) is 10.2 Å². The van der Waals surface area contributed by atoms with Crippen LogP contribution in [-0.2, 0) is 10.0 Å². The lowest BCUT2D eigenvalue weighted by Crippen LogP contribution is -2.29. The van der Waals surface area contributed by atoms with Crippen LogP contribution in [0.15, 0.2) is 41.4 Å². The lowest BCUT2D eigenvalue weighted by Gasteiger charge is -2.13. The van der Waals surface area contributed by atoms with Crippen molar-refractivity contribution < 1.29 is 13.2 Å². The van der Waals surface area contributed by atoms with Crippen molar-refractivity contribution in [1.29, 1.82) is 0 Å². The normalized spacial score (nSPS) is 11.4. The van der Waals surface area contributed by atoms with E-state index in [9.17, 15) is 8.42 Å². The van der Waals surface area contributed by atoms with Gasteiger partial charge in [-0.1, -0.05) is 0 Å². The highest BCUT2D eigenvalue weighted by atomic mass is 32.2. The van der Waals surface area contributed by atoms with Crippen molar-refractivity contribution in [3.63, 3.8) is 0 Å². The Labute approximate surface area is 170 Å². The Kier molecular flexibility index (Phi) is 6.14. The number of nitrogens with one attached hydrogen (secondary N) is 2. The molecule has 1 aromatic carbocycles. The van der Waals surface area contributed by atoms with Gasteiger partial charge < -0.3 is 10.1 Å². The van der Waals surface area contributed by atoms with E-state index in [1.165, 1.54) is 0 Å². The summed E-state index contributed by atoms with van der Waals surface area (Å²) < 4.78 is 34.7. The number of anilines is 1. The predicted octanol–water partition coefficient (Wildman–Crippen LogP) is 1.99. The Morgan fingerprint density at radius 3 is 2.45 bits per heavy atom. The summed E-state index contributed by atoms with van der Waals surface area (Å²) in [4.78, 5) is 0.245. The first-order valence-corrected chi connectivity index (χ1v) is 10.5. The van der Waals surface area contributed by atoms with Crippen LogP contribution < -0.4 is 14.8 Å². The monoisotopic (exact) mass is 416 g/mol. The molecule has 0 amide bonds. The number of rotatable bonds is 8. The third-order valence-electron chi connectivity index (χ3n) is 4.31. The van der Waals surface area contributed by atoms with Crippen LogP contribution in [0.25, 0.3) is 5.82 Å². The summed E-state index contributed by atoms with van der Waals surface area (Å²) in [6, 6.07) is 8.78. The van der Waals surface area contributed by atoms with Gasteiger partial charge in [-0.2, -0.15) is 5.10 Å². The first kappa shape index (κ1) is 20.7. The number of nitrogens with zero attached hydrogens (tertiary/aromatic N) is 4. The van der Waals surface area contributed by atoms with Crippen LogP contribution in [0.1, 0.15) is 16.8 Å². The molecule has 0 aliphatic carbocycles. The largest absolute Gasteiger partial charge is 0.496 e. The SMILES string of the molecule is COc1cc(C)c(S(=O)(=O)NCCNc2ccc(-n3ccc(C)n3)nn2)cc1C. The zero-order chi connectivity index (χ0) is 21.0. The highest BCUT2D eigenvalue weighted by Crippen LogP contribution is 2.25. The summed E-state index contributed by atoms with van der Waals surface area (Å²) in [6.07, 6.45) is 1.81. The van der Waals surface area contributed by atoms with E-state index in [2.05, 4.69) is 25.3 Å². The molecule has 0 fully saturated rings.